The fourth-order valence-corrected chi connectivity index (χ4v) is 2.55. The van der Waals surface area contributed by atoms with Gasteiger partial charge in [0.25, 0.3) is 0 Å². The van der Waals surface area contributed by atoms with Gasteiger partial charge in [-0.3, -0.25) is 4.90 Å². The van der Waals surface area contributed by atoms with Gasteiger partial charge in [0.15, 0.2) is 6.29 Å². The van der Waals surface area contributed by atoms with Crippen LogP contribution in [0.2, 0.25) is 0 Å². The Kier molecular flexibility index (Phi) is 2.01. The molecule has 0 fully saturated rings. The zero-order chi connectivity index (χ0) is 11.9. The van der Waals surface area contributed by atoms with Gasteiger partial charge in [-0.15, -0.1) is 0 Å². The summed E-state index contributed by atoms with van der Waals surface area (Å²) >= 11 is 0. The highest BCUT2D eigenvalue weighted by Gasteiger charge is 2.30. The third kappa shape index (κ3) is 1.44. The molecule has 2 aromatic heterocycles. The van der Waals surface area contributed by atoms with Crippen LogP contribution in [-0.4, -0.2) is 21.2 Å². The van der Waals surface area contributed by atoms with Gasteiger partial charge in [0, 0.05) is 36.6 Å². The molecule has 90 valence electrons. The molecular formula is C13H13N5. The molecule has 5 heteroatoms. The van der Waals surface area contributed by atoms with Crippen molar-refractivity contribution < 1.29 is 0 Å². The summed E-state index contributed by atoms with van der Waals surface area (Å²) in [5, 5.41) is 6.81. The van der Waals surface area contributed by atoms with Crippen LogP contribution < -0.4 is 10.6 Å². The van der Waals surface area contributed by atoms with E-state index in [9.17, 15) is 0 Å². The van der Waals surface area contributed by atoms with Crippen molar-refractivity contribution in [1.82, 2.24) is 14.9 Å². The van der Waals surface area contributed by atoms with Gasteiger partial charge in [-0.05, 0) is 12.1 Å². The lowest BCUT2D eigenvalue weighted by Gasteiger charge is -2.41. The van der Waals surface area contributed by atoms with E-state index in [4.69, 9.17) is 0 Å². The Labute approximate surface area is 105 Å². The van der Waals surface area contributed by atoms with Gasteiger partial charge in [-0.1, -0.05) is 12.1 Å². The van der Waals surface area contributed by atoms with Crippen LogP contribution in [0.15, 0.2) is 36.7 Å². The number of hydrogen-bond acceptors (Lipinski definition) is 5. The molecule has 18 heavy (non-hydrogen) atoms. The average molecular weight is 239 g/mol. The molecule has 0 amide bonds. The van der Waals surface area contributed by atoms with Crippen LogP contribution in [0.3, 0.4) is 0 Å². The van der Waals surface area contributed by atoms with Gasteiger partial charge in [-0.2, -0.15) is 0 Å². The summed E-state index contributed by atoms with van der Waals surface area (Å²) in [6, 6.07) is 8.19. The van der Waals surface area contributed by atoms with Crippen LogP contribution in [0.4, 0.5) is 11.6 Å². The minimum atomic E-state index is 0.0785. The largest absolute Gasteiger partial charge is 0.337 e. The van der Waals surface area contributed by atoms with Gasteiger partial charge in [0.05, 0.1) is 0 Å². The third-order valence-electron chi connectivity index (χ3n) is 3.44. The maximum absolute atomic E-state index is 4.37. The van der Waals surface area contributed by atoms with Crippen LogP contribution in [-0.2, 0) is 13.1 Å². The van der Waals surface area contributed by atoms with Gasteiger partial charge in [0.2, 0.25) is 0 Å². The van der Waals surface area contributed by atoms with Crippen molar-refractivity contribution in [2.75, 3.05) is 10.6 Å². The second kappa shape index (κ2) is 3.68. The highest BCUT2D eigenvalue weighted by molar-refractivity contribution is 5.53. The monoisotopic (exact) mass is 239 g/mol. The molecule has 0 unspecified atom stereocenters. The number of fused-ring (bicyclic) bond motifs is 3. The number of rotatable bonds is 0. The first-order valence-electron chi connectivity index (χ1n) is 6.05. The van der Waals surface area contributed by atoms with Crippen LogP contribution in [0.1, 0.15) is 11.1 Å². The SMILES string of the molecule is c1cnc2c(c1)CN1Cc3cccnc3NC1N2. The summed E-state index contributed by atoms with van der Waals surface area (Å²) in [5.74, 6) is 1.93. The Morgan fingerprint density at radius 3 is 2.06 bits per heavy atom. The number of aromatic nitrogens is 2. The van der Waals surface area contributed by atoms with E-state index in [1.54, 1.807) is 0 Å². The van der Waals surface area contributed by atoms with Crippen LogP contribution in [0.25, 0.3) is 0 Å². The molecular weight excluding hydrogens is 226 g/mol. The molecule has 4 heterocycles. The summed E-state index contributed by atoms with van der Waals surface area (Å²) in [6.45, 7) is 1.81. The molecule has 0 bridgehead atoms. The molecule has 4 rings (SSSR count). The zero-order valence-corrected chi connectivity index (χ0v) is 9.80. The fourth-order valence-electron chi connectivity index (χ4n) is 2.55. The molecule has 2 N–H and O–H groups in total. The van der Waals surface area contributed by atoms with Crippen LogP contribution >= 0.6 is 0 Å². The average Bonchev–Trinajstić information content (AvgIpc) is 2.42. The van der Waals surface area contributed by atoms with E-state index < -0.39 is 0 Å². The molecule has 0 saturated carbocycles. The van der Waals surface area contributed by atoms with Crippen molar-refractivity contribution in [2.45, 2.75) is 19.4 Å². The first-order valence-corrected chi connectivity index (χ1v) is 6.05. The van der Waals surface area contributed by atoms with E-state index in [1.165, 1.54) is 11.1 Å². The Bertz CT molecular complexity index is 494. The fraction of sp³-hybridized carbons (Fsp3) is 0.231. The summed E-state index contributed by atoms with van der Waals surface area (Å²) in [4.78, 5) is 11.1. The second-order valence-electron chi connectivity index (χ2n) is 4.62. The Morgan fingerprint density at radius 2 is 1.50 bits per heavy atom. The summed E-state index contributed by atoms with van der Waals surface area (Å²) in [6.07, 6.45) is 3.71. The minimum Gasteiger partial charge on any atom is -0.337 e. The Hall–Kier alpha value is -2.14. The Balaban J connectivity index is 1.70. The second-order valence-corrected chi connectivity index (χ2v) is 4.62. The van der Waals surface area contributed by atoms with E-state index in [2.05, 4.69) is 37.6 Å². The summed E-state index contributed by atoms with van der Waals surface area (Å²) in [7, 11) is 0. The first kappa shape index (κ1) is 9.85. The van der Waals surface area contributed by atoms with Crippen LogP contribution in [0.5, 0.6) is 0 Å². The predicted molar refractivity (Wildman–Crippen MR) is 68.8 cm³/mol. The molecule has 0 aliphatic carbocycles. The van der Waals surface area contributed by atoms with Crippen LogP contribution in [0, 0.1) is 0 Å². The summed E-state index contributed by atoms with van der Waals surface area (Å²) < 4.78 is 0. The molecule has 0 saturated heterocycles. The maximum atomic E-state index is 4.37. The lowest BCUT2D eigenvalue weighted by molar-refractivity contribution is 0.196. The molecule has 5 nitrogen and oxygen atoms in total. The van der Waals surface area contributed by atoms with Crippen molar-refractivity contribution in [3.8, 4) is 0 Å². The number of nitrogens with one attached hydrogen (secondary N) is 2. The van der Waals surface area contributed by atoms with Crippen molar-refractivity contribution >= 4 is 11.6 Å². The van der Waals surface area contributed by atoms with Gasteiger partial charge in [-0.25, -0.2) is 9.97 Å². The maximum Gasteiger partial charge on any atom is 0.158 e. The normalized spacial score (nSPS) is 18.0. The zero-order valence-electron chi connectivity index (χ0n) is 9.80. The standard InChI is InChI=1S/C13H13N5/c1-3-9-7-18-8-10-4-2-6-15-12(10)17-13(18)16-11(9)14-5-1/h1-6,13H,7-8H2,(H,14,16)(H,15,17). The molecule has 0 radical (unpaired) electrons. The number of hydrogen-bond donors (Lipinski definition) is 2. The lowest BCUT2D eigenvalue weighted by atomic mass is 10.1. The van der Waals surface area contributed by atoms with E-state index in [0.29, 0.717) is 0 Å². The van der Waals surface area contributed by atoms with Gasteiger partial charge < -0.3 is 10.6 Å². The summed E-state index contributed by atoms with van der Waals surface area (Å²) in [5.41, 5.74) is 2.48. The number of anilines is 2. The minimum absolute atomic E-state index is 0.0785. The molecule has 0 spiro atoms. The molecule has 2 aliphatic rings. The quantitative estimate of drug-likeness (QED) is 0.731. The first-order chi connectivity index (χ1) is 8.90. The smallest absolute Gasteiger partial charge is 0.158 e. The molecule has 2 aliphatic heterocycles. The van der Waals surface area contributed by atoms with Crippen molar-refractivity contribution in [3.05, 3.63) is 47.8 Å². The number of nitrogens with zero attached hydrogens (tertiary/aromatic N) is 3. The van der Waals surface area contributed by atoms with Crippen molar-refractivity contribution in [3.63, 3.8) is 0 Å². The molecule has 2 aromatic rings. The lowest BCUT2D eigenvalue weighted by Crippen LogP contribution is -2.51. The van der Waals surface area contributed by atoms with E-state index in [0.717, 1.165) is 24.7 Å². The van der Waals surface area contributed by atoms with E-state index in [-0.39, 0.29) is 6.29 Å². The van der Waals surface area contributed by atoms with Gasteiger partial charge in [0.1, 0.15) is 11.6 Å². The topological polar surface area (TPSA) is 53.1 Å². The molecule has 0 aromatic carbocycles. The molecule has 0 atom stereocenters. The number of pyridine rings is 2. The predicted octanol–water partition coefficient (Wildman–Crippen LogP) is 1.61. The van der Waals surface area contributed by atoms with Gasteiger partial charge >= 0.3 is 0 Å². The van der Waals surface area contributed by atoms with Crippen molar-refractivity contribution in [2.24, 2.45) is 0 Å². The third-order valence-corrected chi connectivity index (χ3v) is 3.44. The van der Waals surface area contributed by atoms with E-state index >= 15 is 0 Å². The van der Waals surface area contributed by atoms with Crippen molar-refractivity contribution in [1.29, 1.82) is 0 Å². The van der Waals surface area contributed by atoms with E-state index in [1.807, 2.05) is 24.5 Å². The highest BCUT2D eigenvalue weighted by atomic mass is 15.4. The Morgan fingerprint density at radius 1 is 0.944 bits per heavy atom. The highest BCUT2D eigenvalue weighted by Crippen LogP contribution is 2.29.